The fraction of sp³-hybridized carbons (Fsp3) is 0.429. The van der Waals surface area contributed by atoms with Crippen LogP contribution in [0.1, 0.15) is 37.9 Å². The number of rotatable bonds is 6. The van der Waals surface area contributed by atoms with Crippen LogP contribution in [0.5, 0.6) is 0 Å². The van der Waals surface area contributed by atoms with Crippen molar-refractivity contribution in [1.82, 2.24) is 15.2 Å². The summed E-state index contributed by atoms with van der Waals surface area (Å²) in [7, 11) is 0. The van der Waals surface area contributed by atoms with Gasteiger partial charge in [-0.3, -0.25) is 14.4 Å². The molecule has 1 N–H and O–H groups in total. The van der Waals surface area contributed by atoms with E-state index in [0.717, 1.165) is 28.1 Å². The van der Waals surface area contributed by atoms with Crippen LogP contribution in [0.2, 0.25) is 0 Å². The quantitative estimate of drug-likeness (QED) is 0.733. The molecule has 0 saturated carbocycles. The number of carbonyl (C=O) groups excluding carboxylic acids is 3. The number of benzene rings is 1. The molecule has 1 aliphatic rings. The van der Waals surface area contributed by atoms with Gasteiger partial charge < -0.3 is 15.0 Å². The van der Waals surface area contributed by atoms with Crippen LogP contribution in [0.15, 0.2) is 29.8 Å². The molecule has 0 aliphatic carbocycles. The van der Waals surface area contributed by atoms with Gasteiger partial charge in [0.05, 0.1) is 16.1 Å². The molecular formula is C21H25N3O4S. The number of thiazole rings is 1. The third kappa shape index (κ3) is 5.00. The first-order valence-corrected chi connectivity index (χ1v) is 10.5. The maximum Gasteiger partial charge on any atom is 0.303 e. The van der Waals surface area contributed by atoms with Gasteiger partial charge in [0.1, 0.15) is 6.04 Å². The van der Waals surface area contributed by atoms with Gasteiger partial charge in [-0.05, 0) is 37.8 Å². The van der Waals surface area contributed by atoms with Gasteiger partial charge in [-0.25, -0.2) is 4.98 Å². The molecule has 29 heavy (non-hydrogen) atoms. The van der Waals surface area contributed by atoms with Gasteiger partial charge >= 0.3 is 5.97 Å². The van der Waals surface area contributed by atoms with Crippen molar-refractivity contribution in [3.8, 4) is 10.4 Å². The Morgan fingerprint density at radius 1 is 1.31 bits per heavy atom. The summed E-state index contributed by atoms with van der Waals surface area (Å²) < 4.78 is 4.97. The molecule has 2 aromatic rings. The van der Waals surface area contributed by atoms with E-state index in [1.807, 2.05) is 36.7 Å². The van der Waals surface area contributed by atoms with Gasteiger partial charge in [-0.15, -0.1) is 11.3 Å². The lowest BCUT2D eigenvalue weighted by atomic mass is 10.1. The van der Waals surface area contributed by atoms with E-state index in [9.17, 15) is 14.4 Å². The maximum absolute atomic E-state index is 12.7. The molecule has 1 fully saturated rings. The first-order chi connectivity index (χ1) is 13.9. The standard InChI is InChI=1S/C21H25N3O4S/c1-13-19(29-12-23-13)17-8-6-16(7-9-17)11-22-20(26)18-5-4-10-24(18)21(27)14(2)28-15(3)25/h6-9,12,14,18H,4-5,10-11H2,1-3H3,(H,22,26). The van der Waals surface area contributed by atoms with Gasteiger partial charge in [0, 0.05) is 20.0 Å². The molecule has 2 unspecified atom stereocenters. The van der Waals surface area contributed by atoms with Crippen LogP contribution in [0.25, 0.3) is 10.4 Å². The van der Waals surface area contributed by atoms with Crippen molar-refractivity contribution >= 4 is 29.1 Å². The molecule has 3 rings (SSSR count). The Kier molecular flexibility index (Phi) is 6.64. The average Bonchev–Trinajstić information content (AvgIpc) is 3.34. The van der Waals surface area contributed by atoms with Crippen LogP contribution >= 0.6 is 11.3 Å². The van der Waals surface area contributed by atoms with E-state index in [1.54, 1.807) is 11.3 Å². The minimum absolute atomic E-state index is 0.187. The lowest BCUT2D eigenvalue weighted by Crippen LogP contribution is -2.49. The lowest BCUT2D eigenvalue weighted by Gasteiger charge is -2.26. The van der Waals surface area contributed by atoms with Gasteiger partial charge in [0.2, 0.25) is 5.91 Å². The topological polar surface area (TPSA) is 88.6 Å². The van der Waals surface area contributed by atoms with Crippen molar-refractivity contribution < 1.29 is 19.1 Å². The Labute approximate surface area is 174 Å². The average molecular weight is 416 g/mol. The Bertz CT molecular complexity index is 894. The van der Waals surface area contributed by atoms with E-state index < -0.39 is 18.1 Å². The van der Waals surface area contributed by atoms with Crippen LogP contribution in [0.4, 0.5) is 0 Å². The molecule has 2 amide bonds. The summed E-state index contributed by atoms with van der Waals surface area (Å²) in [6, 6.07) is 7.48. The van der Waals surface area contributed by atoms with Gasteiger partial charge in [-0.2, -0.15) is 0 Å². The molecule has 0 radical (unpaired) electrons. The SMILES string of the molecule is CC(=O)OC(C)C(=O)N1CCCC1C(=O)NCc1ccc(-c2scnc2C)cc1. The van der Waals surface area contributed by atoms with Gasteiger partial charge in [-0.1, -0.05) is 24.3 Å². The number of amides is 2. The number of nitrogens with one attached hydrogen (secondary N) is 1. The molecule has 0 spiro atoms. The number of aromatic nitrogens is 1. The van der Waals surface area contributed by atoms with Crippen molar-refractivity contribution in [2.24, 2.45) is 0 Å². The largest absolute Gasteiger partial charge is 0.453 e. The van der Waals surface area contributed by atoms with E-state index in [0.29, 0.717) is 19.5 Å². The molecule has 1 aromatic heterocycles. The molecule has 2 heterocycles. The number of nitrogens with zero attached hydrogens (tertiary/aromatic N) is 2. The molecule has 1 aromatic carbocycles. The summed E-state index contributed by atoms with van der Waals surface area (Å²) in [5.41, 5.74) is 4.92. The molecule has 7 nitrogen and oxygen atoms in total. The Morgan fingerprint density at radius 3 is 2.66 bits per heavy atom. The minimum atomic E-state index is -0.886. The Morgan fingerprint density at radius 2 is 2.03 bits per heavy atom. The molecule has 1 saturated heterocycles. The highest BCUT2D eigenvalue weighted by molar-refractivity contribution is 7.13. The van der Waals surface area contributed by atoms with E-state index in [2.05, 4.69) is 10.3 Å². The monoisotopic (exact) mass is 415 g/mol. The summed E-state index contributed by atoms with van der Waals surface area (Å²) in [5.74, 6) is -1.03. The van der Waals surface area contributed by atoms with Gasteiger partial charge in [0.25, 0.3) is 5.91 Å². The lowest BCUT2D eigenvalue weighted by molar-refractivity contribution is -0.158. The highest BCUT2D eigenvalue weighted by Crippen LogP contribution is 2.27. The van der Waals surface area contributed by atoms with E-state index in [4.69, 9.17) is 4.74 Å². The third-order valence-electron chi connectivity index (χ3n) is 4.96. The fourth-order valence-corrected chi connectivity index (χ4v) is 4.31. The predicted octanol–water partition coefficient (Wildman–Crippen LogP) is 2.68. The molecule has 1 aliphatic heterocycles. The zero-order valence-electron chi connectivity index (χ0n) is 16.8. The first kappa shape index (κ1) is 21.0. The fourth-order valence-electron chi connectivity index (χ4n) is 3.50. The van der Waals surface area contributed by atoms with E-state index in [-0.39, 0.29) is 11.8 Å². The highest BCUT2D eigenvalue weighted by Gasteiger charge is 2.36. The number of hydrogen-bond acceptors (Lipinski definition) is 6. The second-order valence-corrected chi connectivity index (χ2v) is 7.98. The Hall–Kier alpha value is -2.74. The summed E-state index contributed by atoms with van der Waals surface area (Å²) in [6.45, 7) is 5.66. The summed E-state index contributed by atoms with van der Waals surface area (Å²) in [4.78, 5) is 43.2. The summed E-state index contributed by atoms with van der Waals surface area (Å²) in [6.07, 6.45) is 0.469. The van der Waals surface area contributed by atoms with Crippen LogP contribution in [-0.4, -0.2) is 46.4 Å². The third-order valence-corrected chi connectivity index (χ3v) is 5.94. The van der Waals surface area contributed by atoms with E-state index >= 15 is 0 Å². The molecular weight excluding hydrogens is 390 g/mol. The van der Waals surface area contributed by atoms with Crippen molar-refractivity contribution in [3.63, 3.8) is 0 Å². The highest BCUT2D eigenvalue weighted by atomic mass is 32.1. The second-order valence-electron chi connectivity index (χ2n) is 7.12. The van der Waals surface area contributed by atoms with E-state index in [1.165, 1.54) is 18.7 Å². The maximum atomic E-state index is 12.7. The number of aryl methyl sites for hydroxylation is 1. The number of likely N-dealkylation sites (tertiary alicyclic amines) is 1. The van der Waals surface area contributed by atoms with Crippen LogP contribution in [-0.2, 0) is 25.7 Å². The smallest absolute Gasteiger partial charge is 0.303 e. The van der Waals surface area contributed by atoms with Crippen LogP contribution < -0.4 is 5.32 Å². The van der Waals surface area contributed by atoms with Crippen LogP contribution in [0, 0.1) is 6.92 Å². The van der Waals surface area contributed by atoms with Gasteiger partial charge in [0.15, 0.2) is 6.10 Å². The molecule has 154 valence electrons. The minimum Gasteiger partial charge on any atom is -0.453 e. The summed E-state index contributed by atoms with van der Waals surface area (Å²) >= 11 is 1.60. The molecule has 0 bridgehead atoms. The predicted molar refractivity (Wildman–Crippen MR) is 110 cm³/mol. The zero-order chi connectivity index (χ0) is 21.0. The number of ether oxygens (including phenoxy) is 1. The normalized spacial score (nSPS) is 17.1. The van der Waals surface area contributed by atoms with Crippen molar-refractivity contribution in [2.75, 3.05) is 6.54 Å². The number of esters is 1. The number of carbonyl (C=O) groups is 3. The van der Waals surface area contributed by atoms with Crippen molar-refractivity contribution in [1.29, 1.82) is 0 Å². The second kappa shape index (κ2) is 9.17. The first-order valence-electron chi connectivity index (χ1n) is 9.61. The molecule has 2 atom stereocenters. The summed E-state index contributed by atoms with van der Waals surface area (Å²) in [5, 5.41) is 2.92. The number of hydrogen-bond donors (Lipinski definition) is 1. The molecule has 8 heteroatoms. The van der Waals surface area contributed by atoms with Crippen LogP contribution in [0.3, 0.4) is 0 Å². The van der Waals surface area contributed by atoms with Crippen molar-refractivity contribution in [2.45, 2.75) is 52.3 Å². The zero-order valence-corrected chi connectivity index (χ0v) is 17.6. The van der Waals surface area contributed by atoms with Crippen molar-refractivity contribution in [3.05, 3.63) is 41.0 Å². The Balaban J connectivity index is 1.57.